The van der Waals surface area contributed by atoms with Crippen molar-refractivity contribution in [3.63, 3.8) is 0 Å². The van der Waals surface area contributed by atoms with Crippen molar-refractivity contribution in [2.45, 2.75) is 51.4 Å². The van der Waals surface area contributed by atoms with Crippen LogP contribution in [0.2, 0.25) is 0 Å². The minimum atomic E-state index is -0.00101. The molecule has 0 N–H and O–H groups in total. The Kier molecular flexibility index (Phi) is 2.28. The zero-order valence-corrected chi connectivity index (χ0v) is 14.8. The van der Waals surface area contributed by atoms with Gasteiger partial charge in [-0.2, -0.15) is 0 Å². The lowest BCUT2D eigenvalue weighted by molar-refractivity contribution is -0.147. The molecule has 4 atom stereocenters. The zero-order chi connectivity index (χ0) is 16.6. The predicted octanol–water partition coefficient (Wildman–Crippen LogP) is 3.40. The second kappa shape index (κ2) is 4.07. The highest BCUT2D eigenvalue weighted by Gasteiger charge is 2.73. The van der Waals surface area contributed by atoms with E-state index in [1.165, 1.54) is 51.4 Å². The topological polar surface area (TPSA) is 37.4 Å². The summed E-state index contributed by atoms with van der Waals surface area (Å²) in [5.41, 5.74) is 0.607. The fourth-order valence-corrected chi connectivity index (χ4v) is 9.12. The summed E-state index contributed by atoms with van der Waals surface area (Å²) in [5.74, 6) is 3.80. The number of imide groups is 1. The molecule has 25 heavy (non-hydrogen) atoms. The van der Waals surface area contributed by atoms with Gasteiger partial charge in [-0.3, -0.25) is 14.5 Å². The third-order valence-electron chi connectivity index (χ3n) is 9.60. The van der Waals surface area contributed by atoms with E-state index in [9.17, 15) is 9.59 Å². The zero-order valence-electron chi connectivity index (χ0n) is 14.8. The van der Waals surface area contributed by atoms with Crippen LogP contribution >= 0.6 is 0 Å². The highest BCUT2D eigenvalue weighted by molar-refractivity contribution is 6.06. The Morgan fingerprint density at radius 3 is 1.76 bits per heavy atom. The standard InChI is InChI=1S/C22H27NO2/c24-19-17-15-1-2-16(22(15)3-4-22)18(17)20(25)23(19)11-21-8-12-5-13(9-21)7-14(6-12)10-21/h1-2,12-18H,3-11H2/t12?,13?,14?,15-,16-,17-,18+,21?/m0/s1. The van der Waals surface area contributed by atoms with Crippen molar-refractivity contribution in [1.82, 2.24) is 4.90 Å². The maximum atomic E-state index is 13.3. The summed E-state index contributed by atoms with van der Waals surface area (Å²) in [7, 11) is 0. The van der Waals surface area contributed by atoms with E-state index < -0.39 is 0 Å². The molecule has 7 aliphatic carbocycles. The molecule has 8 rings (SSSR count). The molecule has 0 aromatic heterocycles. The first-order chi connectivity index (χ1) is 12.1. The molecule has 3 heteroatoms. The number of likely N-dealkylation sites (tertiary alicyclic amines) is 1. The highest BCUT2D eigenvalue weighted by Crippen LogP contribution is 2.73. The second-order valence-electron chi connectivity index (χ2n) is 10.9. The number of hydrogen-bond acceptors (Lipinski definition) is 2. The van der Waals surface area contributed by atoms with Gasteiger partial charge in [0.25, 0.3) is 0 Å². The molecule has 2 amide bonds. The van der Waals surface area contributed by atoms with Crippen LogP contribution in [-0.4, -0.2) is 23.3 Å². The molecule has 0 aromatic rings. The average Bonchev–Trinajstić information content (AvgIpc) is 3.17. The summed E-state index contributed by atoms with van der Waals surface area (Å²) in [6, 6.07) is 0. The van der Waals surface area contributed by atoms with Crippen LogP contribution in [0.3, 0.4) is 0 Å². The van der Waals surface area contributed by atoms with E-state index in [0.717, 1.165) is 24.3 Å². The summed E-state index contributed by atoms with van der Waals surface area (Å²) in [6.07, 6.45) is 15.1. The second-order valence-corrected chi connectivity index (χ2v) is 10.9. The SMILES string of the molecule is O=C1[C@@H]2[C@H](C(=O)N1CC13CC4CC(CC(C4)C1)C3)[C@@H]1C=C[C@@H]2C12CC2. The third kappa shape index (κ3) is 1.52. The van der Waals surface area contributed by atoms with Crippen molar-refractivity contribution >= 4 is 11.8 Å². The number of hydrogen-bond donors (Lipinski definition) is 0. The van der Waals surface area contributed by atoms with Crippen molar-refractivity contribution in [2.24, 2.45) is 52.3 Å². The Balaban J connectivity index is 1.20. The van der Waals surface area contributed by atoms with Crippen LogP contribution in [0.4, 0.5) is 0 Å². The van der Waals surface area contributed by atoms with Crippen molar-refractivity contribution in [3.8, 4) is 0 Å². The lowest BCUT2D eigenvalue weighted by Crippen LogP contribution is -2.52. The van der Waals surface area contributed by atoms with Crippen molar-refractivity contribution < 1.29 is 9.59 Å². The predicted molar refractivity (Wildman–Crippen MR) is 92.1 cm³/mol. The Morgan fingerprint density at radius 2 is 1.32 bits per heavy atom. The third-order valence-corrected chi connectivity index (χ3v) is 9.60. The van der Waals surface area contributed by atoms with Gasteiger partial charge in [0.1, 0.15) is 0 Å². The normalized spacial score (nSPS) is 55.7. The quantitative estimate of drug-likeness (QED) is 0.572. The lowest BCUT2D eigenvalue weighted by Gasteiger charge is -2.57. The molecule has 7 fully saturated rings. The lowest BCUT2D eigenvalue weighted by atomic mass is 9.49. The van der Waals surface area contributed by atoms with Gasteiger partial charge in [-0.1, -0.05) is 12.2 Å². The van der Waals surface area contributed by atoms with E-state index in [4.69, 9.17) is 0 Å². The maximum Gasteiger partial charge on any atom is 0.233 e. The molecule has 1 spiro atoms. The number of carbonyl (C=O) groups is 2. The smallest absolute Gasteiger partial charge is 0.233 e. The van der Waals surface area contributed by atoms with Gasteiger partial charge in [0.05, 0.1) is 11.8 Å². The number of nitrogens with zero attached hydrogens (tertiary/aromatic N) is 1. The van der Waals surface area contributed by atoms with Crippen molar-refractivity contribution in [2.75, 3.05) is 6.54 Å². The van der Waals surface area contributed by atoms with E-state index in [-0.39, 0.29) is 29.1 Å². The van der Waals surface area contributed by atoms with Gasteiger partial charge in [0.2, 0.25) is 11.8 Å². The Morgan fingerprint density at radius 1 is 0.840 bits per heavy atom. The molecule has 132 valence electrons. The maximum absolute atomic E-state index is 13.3. The van der Waals surface area contributed by atoms with Gasteiger partial charge >= 0.3 is 0 Å². The Bertz CT molecular complexity index is 663. The minimum Gasteiger partial charge on any atom is -0.282 e. The molecule has 1 aliphatic heterocycles. The molecular weight excluding hydrogens is 310 g/mol. The molecule has 1 saturated heterocycles. The van der Waals surface area contributed by atoms with E-state index in [1.54, 1.807) is 4.90 Å². The van der Waals surface area contributed by atoms with E-state index in [1.807, 2.05) is 0 Å². The molecule has 3 nitrogen and oxygen atoms in total. The number of fused-ring (bicyclic) bond motifs is 3. The van der Waals surface area contributed by atoms with Crippen LogP contribution in [0.1, 0.15) is 51.4 Å². The van der Waals surface area contributed by atoms with Crippen LogP contribution in [0.15, 0.2) is 12.2 Å². The van der Waals surface area contributed by atoms with Crippen LogP contribution in [-0.2, 0) is 9.59 Å². The van der Waals surface area contributed by atoms with Gasteiger partial charge in [-0.15, -0.1) is 0 Å². The first-order valence-corrected chi connectivity index (χ1v) is 10.6. The van der Waals surface area contributed by atoms with Crippen molar-refractivity contribution in [3.05, 3.63) is 12.2 Å². The summed E-state index contributed by atoms with van der Waals surface area (Å²) < 4.78 is 0. The fraction of sp³-hybridized carbons (Fsp3) is 0.818. The summed E-state index contributed by atoms with van der Waals surface area (Å²) >= 11 is 0. The summed E-state index contributed by atoms with van der Waals surface area (Å²) in [6.45, 7) is 0.758. The van der Waals surface area contributed by atoms with E-state index in [0.29, 0.717) is 17.3 Å². The van der Waals surface area contributed by atoms with Gasteiger partial charge in [0, 0.05) is 6.54 Å². The first-order valence-electron chi connectivity index (χ1n) is 10.6. The number of amides is 2. The molecule has 0 radical (unpaired) electrons. The fourth-order valence-electron chi connectivity index (χ4n) is 9.12. The number of rotatable bonds is 2. The van der Waals surface area contributed by atoms with Gasteiger partial charge in [-0.05, 0) is 91.8 Å². The van der Waals surface area contributed by atoms with E-state index in [2.05, 4.69) is 12.2 Å². The van der Waals surface area contributed by atoms with Crippen molar-refractivity contribution in [1.29, 1.82) is 0 Å². The molecule has 0 aromatic carbocycles. The molecule has 6 bridgehead atoms. The van der Waals surface area contributed by atoms with Crippen LogP contribution in [0, 0.1) is 52.3 Å². The van der Waals surface area contributed by atoms with Crippen LogP contribution in [0.25, 0.3) is 0 Å². The summed E-state index contributed by atoms with van der Waals surface area (Å²) in [4.78, 5) is 28.4. The van der Waals surface area contributed by atoms with Gasteiger partial charge in [-0.25, -0.2) is 0 Å². The molecule has 6 saturated carbocycles. The Hall–Kier alpha value is -1.12. The Labute approximate surface area is 149 Å². The first kappa shape index (κ1) is 14.0. The number of carbonyl (C=O) groups excluding carboxylic acids is 2. The van der Waals surface area contributed by atoms with E-state index >= 15 is 0 Å². The number of allylic oxidation sites excluding steroid dienone is 2. The largest absolute Gasteiger partial charge is 0.282 e. The highest BCUT2D eigenvalue weighted by atomic mass is 16.2. The molecule has 8 aliphatic rings. The van der Waals surface area contributed by atoms with Crippen LogP contribution < -0.4 is 0 Å². The minimum absolute atomic E-state index is 0.00101. The van der Waals surface area contributed by atoms with Crippen LogP contribution in [0.5, 0.6) is 0 Å². The summed E-state index contributed by atoms with van der Waals surface area (Å²) in [5, 5.41) is 0. The monoisotopic (exact) mass is 337 g/mol. The average molecular weight is 337 g/mol. The van der Waals surface area contributed by atoms with Gasteiger partial charge < -0.3 is 0 Å². The molecule has 1 heterocycles. The van der Waals surface area contributed by atoms with Gasteiger partial charge in [0.15, 0.2) is 0 Å². The molecule has 0 unspecified atom stereocenters. The molecular formula is C22H27NO2.